The van der Waals surface area contributed by atoms with Crippen molar-refractivity contribution in [3.63, 3.8) is 0 Å². The first kappa shape index (κ1) is 21.7. The van der Waals surface area contributed by atoms with Gasteiger partial charge in [0.2, 0.25) is 0 Å². The van der Waals surface area contributed by atoms with Gasteiger partial charge in [-0.1, -0.05) is 20.8 Å². The second kappa shape index (κ2) is 7.44. The van der Waals surface area contributed by atoms with E-state index in [0.717, 1.165) is 32.4 Å². The minimum atomic E-state index is -1.73. The van der Waals surface area contributed by atoms with Crippen LogP contribution in [0.25, 0.3) is 0 Å². The second-order valence-electron chi connectivity index (χ2n) is 10.6. The molecule has 1 aliphatic carbocycles. The molecule has 4 nitrogen and oxygen atoms in total. The van der Waals surface area contributed by atoms with E-state index in [9.17, 15) is 4.55 Å². The van der Waals surface area contributed by atoms with Crippen LogP contribution >= 0.6 is 0 Å². The van der Waals surface area contributed by atoms with Gasteiger partial charge in [0, 0.05) is 24.0 Å². The molecule has 0 aromatic rings. The maximum absolute atomic E-state index is 12.7. The fraction of sp³-hybridized carbons (Fsp3) is 1.00. The predicted molar refractivity (Wildman–Crippen MR) is 111 cm³/mol. The van der Waals surface area contributed by atoms with Crippen molar-refractivity contribution in [2.75, 3.05) is 13.1 Å². The van der Waals surface area contributed by atoms with Gasteiger partial charge in [-0.05, 0) is 76.5 Å². The number of piperidine rings is 1. The summed E-state index contributed by atoms with van der Waals surface area (Å²) in [5, 5.41) is 3.75. The summed E-state index contributed by atoms with van der Waals surface area (Å²) in [4.78, 5) is 0. The molecule has 4 unspecified atom stereocenters. The molecule has 0 aromatic carbocycles. The lowest BCUT2D eigenvalue weighted by molar-refractivity contribution is 0.121. The van der Waals surface area contributed by atoms with Crippen molar-refractivity contribution in [2.45, 2.75) is 102 Å². The van der Waals surface area contributed by atoms with Gasteiger partial charge in [-0.15, -0.1) is 4.72 Å². The Morgan fingerprint density at radius 1 is 1.16 bits per heavy atom. The molecule has 2 fully saturated rings. The van der Waals surface area contributed by atoms with Crippen LogP contribution < -0.4 is 10.0 Å². The van der Waals surface area contributed by atoms with Crippen LogP contribution in [0.1, 0.15) is 67.2 Å². The molecule has 2 N–H and O–H groups in total. The van der Waals surface area contributed by atoms with Gasteiger partial charge in [0.1, 0.15) is 4.75 Å². The van der Waals surface area contributed by atoms with Crippen LogP contribution in [0, 0.1) is 5.41 Å². The monoisotopic (exact) mass is 388 g/mol. The molecule has 0 amide bonds. The maximum Gasteiger partial charge on any atom is 0.192 e. The van der Waals surface area contributed by atoms with Crippen LogP contribution in [0.2, 0.25) is 18.1 Å². The SMILES string of the molecule is CC(C)(C)[S+]([O-])NC1CNCCC12CCC(O[Si](C)(C)C(C)(C)C)C2. The van der Waals surface area contributed by atoms with E-state index in [1.807, 2.05) is 20.8 Å². The molecule has 2 rings (SSSR count). The minimum Gasteiger partial charge on any atom is -0.598 e. The Hall–Kier alpha value is 0.407. The molecule has 0 aromatic heterocycles. The average Bonchev–Trinajstić information content (AvgIpc) is 2.82. The van der Waals surface area contributed by atoms with Crippen molar-refractivity contribution < 1.29 is 8.98 Å². The highest BCUT2D eigenvalue weighted by Crippen LogP contribution is 2.49. The summed E-state index contributed by atoms with van der Waals surface area (Å²) < 4.78 is 22.6. The number of hydrogen-bond acceptors (Lipinski definition) is 4. The molecule has 0 radical (unpaired) electrons. The van der Waals surface area contributed by atoms with Gasteiger partial charge < -0.3 is 14.3 Å². The van der Waals surface area contributed by atoms with Crippen LogP contribution in [0.3, 0.4) is 0 Å². The van der Waals surface area contributed by atoms with Crippen LogP contribution in [0.5, 0.6) is 0 Å². The molecular formula is C19H40N2O2SSi. The Kier molecular flexibility index (Phi) is 6.46. The lowest BCUT2D eigenvalue weighted by Crippen LogP contribution is -2.59. The molecule has 1 aliphatic heterocycles. The highest BCUT2D eigenvalue weighted by molar-refractivity contribution is 7.90. The summed E-state index contributed by atoms with van der Waals surface area (Å²) >= 11 is -1.02. The van der Waals surface area contributed by atoms with E-state index in [1.54, 1.807) is 0 Å². The molecule has 2 aliphatic rings. The van der Waals surface area contributed by atoms with Gasteiger partial charge in [0.05, 0.1) is 6.04 Å². The molecule has 0 bridgehead atoms. The fourth-order valence-corrected chi connectivity index (χ4v) is 6.12. The Balaban J connectivity index is 2.06. The third-order valence-electron chi connectivity index (χ3n) is 6.56. The Labute approximate surface area is 159 Å². The van der Waals surface area contributed by atoms with Crippen LogP contribution in [-0.4, -0.2) is 42.9 Å². The molecule has 25 heavy (non-hydrogen) atoms. The van der Waals surface area contributed by atoms with E-state index < -0.39 is 19.7 Å². The molecule has 4 atom stereocenters. The van der Waals surface area contributed by atoms with Gasteiger partial charge >= 0.3 is 0 Å². The zero-order valence-electron chi connectivity index (χ0n) is 17.6. The third-order valence-corrected chi connectivity index (χ3v) is 12.7. The highest BCUT2D eigenvalue weighted by Gasteiger charge is 2.51. The Morgan fingerprint density at radius 2 is 1.80 bits per heavy atom. The average molecular weight is 389 g/mol. The van der Waals surface area contributed by atoms with Crippen molar-refractivity contribution in [1.82, 2.24) is 10.0 Å². The maximum atomic E-state index is 12.7. The normalized spacial score (nSPS) is 33.0. The van der Waals surface area contributed by atoms with Crippen molar-refractivity contribution in [3.05, 3.63) is 0 Å². The molecule has 6 heteroatoms. The van der Waals surface area contributed by atoms with Gasteiger partial charge in [-0.25, -0.2) is 0 Å². The first-order valence-electron chi connectivity index (χ1n) is 9.83. The van der Waals surface area contributed by atoms with Crippen LogP contribution in [-0.2, 0) is 15.8 Å². The molecular weight excluding hydrogens is 348 g/mol. The standard InChI is InChI=1S/C19H40N2O2SSi/c1-17(2,3)24(22)21-16-14-20-12-11-19(16)10-9-15(13-19)23-25(7,8)18(4,5)6/h15-16,20-21H,9-14H2,1-8H3. The van der Waals surface area contributed by atoms with Gasteiger partial charge in [-0.2, -0.15) is 0 Å². The number of rotatable bonds is 4. The highest BCUT2D eigenvalue weighted by atomic mass is 32.2. The lowest BCUT2D eigenvalue weighted by Gasteiger charge is -2.44. The van der Waals surface area contributed by atoms with Crippen LogP contribution in [0.15, 0.2) is 0 Å². The minimum absolute atomic E-state index is 0.228. The summed E-state index contributed by atoms with van der Waals surface area (Å²) in [6.07, 6.45) is 4.97. The van der Waals surface area contributed by atoms with E-state index in [2.05, 4.69) is 43.9 Å². The summed E-state index contributed by atoms with van der Waals surface area (Å²) in [6, 6.07) is 0.273. The largest absolute Gasteiger partial charge is 0.598 e. The van der Waals surface area contributed by atoms with Gasteiger partial charge in [-0.3, -0.25) is 0 Å². The zero-order valence-corrected chi connectivity index (χ0v) is 19.4. The van der Waals surface area contributed by atoms with Crippen LogP contribution in [0.4, 0.5) is 0 Å². The molecule has 1 spiro atoms. The Bertz CT molecular complexity index is 461. The smallest absolute Gasteiger partial charge is 0.192 e. The lowest BCUT2D eigenvalue weighted by atomic mass is 9.74. The quantitative estimate of drug-likeness (QED) is 0.565. The first-order chi connectivity index (χ1) is 11.3. The van der Waals surface area contributed by atoms with Crippen molar-refractivity contribution in [2.24, 2.45) is 5.41 Å². The van der Waals surface area contributed by atoms with Crippen molar-refractivity contribution in [1.29, 1.82) is 0 Å². The van der Waals surface area contributed by atoms with E-state index in [1.165, 1.54) is 6.42 Å². The van der Waals surface area contributed by atoms with E-state index >= 15 is 0 Å². The van der Waals surface area contributed by atoms with E-state index in [0.29, 0.717) is 6.10 Å². The molecule has 148 valence electrons. The van der Waals surface area contributed by atoms with E-state index in [4.69, 9.17) is 4.43 Å². The van der Waals surface area contributed by atoms with Gasteiger partial charge in [0.25, 0.3) is 0 Å². The number of hydrogen-bond donors (Lipinski definition) is 2. The Morgan fingerprint density at radius 3 is 2.36 bits per heavy atom. The second-order valence-corrected chi connectivity index (χ2v) is 17.4. The summed E-state index contributed by atoms with van der Waals surface area (Å²) in [5.41, 5.74) is 0.235. The zero-order chi connectivity index (χ0) is 19.1. The summed E-state index contributed by atoms with van der Waals surface area (Å²) in [6.45, 7) is 19.7. The van der Waals surface area contributed by atoms with Gasteiger partial charge in [0.15, 0.2) is 8.32 Å². The molecule has 1 saturated carbocycles. The molecule has 1 heterocycles. The number of nitrogens with one attached hydrogen (secondary N) is 2. The van der Waals surface area contributed by atoms with E-state index in [-0.39, 0.29) is 21.2 Å². The summed E-state index contributed by atoms with van der Waals surface area (Å²) in [5.74, 6) is 0. The topological polar surface area (TPSA) is 56.3 Å². The first-order valence-corrected chi connectivity index (χ1v) is 13.9. The third kappa shape index (κ3) is 5.02. The summed E-state index contributed by atoms with van der Waals surface area (Å²) in [7, 11) is -1.73. The van der Waals surface area contributed by atoms with Crippen molar-refractivity contribution >= 4 is 19.7 Å². The molecule has 1 saturated heterocycles. The predicted octanol–water partition coefficient (Wildman–Crippen LogP) is 3.96. The van der Waals surface area contributed by atoms with Crippen molar-refractivity contribution in [3.8, 4) is 0 Å². The fourth-order valence-electron chi connectivity index (χ4n) is 3.79.